The van der Waals surface area contributed by atoms with Crippen molar-refractivity contribution in [1.82, 2.24) is 15.1 Å². The summed E-state index contributed by atoms with van der Waals surface area (Å²) in [5.74, 6) is 0.878. The lowest BCUT2D eigenvalue weighted by molar-refractivity contribution is -0.142. The van der Waals surface area contributed by atoms with Gasteiger partial charge in [-0.15, -0.1) is 0 Å². The van der Waals surface area contributed by atoms with E-state index in [1.807, 2.05) is 72.8 Å². The molecule has 8 nitrogen and oxygen atoms in total. The lowest BCUT2D eigenvalue weighted by atomic mass is 10.0. The van der Waals surface area contributed by atoms with Gasteiger partial charge in [-0.1, -0.05) is 60.7 Å². The van der Waals surface area contributed by atoms with Crippen LogP contribution in [0.3, 0.4) is 0 Å². The molecule has 1 saturated heterocycles. The molecule has 0 unspecified atom stereocenters. The van der Waals surface area contributed by atoms with Gasteiger partial charge in [-0.25, -0.2) is 0 Å². The molecular weight excluding hydrogens is 494 g/mol. The van der Waals surface area contributed by atoms with Gasteiger partial charge in [-0.3, -0.25) is 14.5 Å². The highest BCUT2D eigenvalue weighted by Gasteiger charge is 2.30. The molecule has 1 aliphatic heterocycles. The van der Waals surface area contributed by atoms with E-state index in [1.54, 1.807) is 24.1 Å². The highest BCUT2D eigenvalue weighted by Crippen LogP contribution is 2.18. The lowest BCUT2D eigenvalue weighted by Gasteiger charge is -2.32. The van der Waals surface area contributed by atoms with Crippen LogP contribution in [-0.2, 0) is 27.3 Å². The van der Waals surface area contributed by atoms with Gasteiger partial charge in [0.15, 0.2) is 6.61 Å². The zero-order valence-corrected chi connectivity index (χ0v) is 22.5. The first-order valence-electron chi connectivity index (χ1n) is 13.3. The molecule has 1 fully saturated rings. The van der Waals surface area contributed by atoms with E-state index in [1.165, 1.54) is 0 Å². The Morgan fingerprint density at radius 1 is 0.897 bits per heavy atom. The summed E-state index contributed by atoms with van der Waals surface area (Å²) in [6, 6.07) is 25.8. The summed E-state index contributed by atoms with van der Waals surface area (Å²) in [5.41, 5.74) is 1.87. The Hall–Kier alpha value is -3.88. The second kappa shape index (κ2) is 14.9. The molecule has 4 rings (SSSR count). The third kappa shape index (κ3) is 8.84. The third-order valence-corrected chi connectivity index (χ3v) is 6.72. The van der Waals surface area contributed by atoms with Crippen LogP contribution in [0.15, 0.2) is 84.9 Å². The zero-order chi connectivity index (χ0) is 27.3. The largest absolute Gasteiger partial charge is 0.497 e. The van der Waals surface area contributed by atoms with Gasteiger partial charge in [0.25, 0.3) is 5.91 Å². The van der Waals surface area contributed by atoms with Crippen molar-refractivity contribution in [3.05, 3.63) is 96.1 Å². The Kier molecular flexibility index (Phi) is 10.7. The van der Waals surface area contributed by atoms with Crippen molar-refractivity contribution in [3.8, 4) is 11.5 Å². The minimum Gasteiger partial charge on any atom is -0.497 e. The van der Waals surface area contributed by atoms with Crippen LogP contribution >= 0.6 is 0 Å². The van der Waals surface area contributed by atoms with Crippen LogP contribution in [0, 0.1) is 0 Å². The van der Waals surface area contributed by atoms with Crippen LogP contribution < -0.4 is 14.8 Å². The molecule has 0 aromatic heterocycles. The van der Waals surface area contributed by atoms with Gasteiger partial charge in [0.05, 0.1) is 20.3 Å². The van der Waals surface area contributed by atoms with Gasteiger partial charge in [0.2, 0.25) is 5.91 Å². The third-order valence-electron chi connectivity index (χ3n) is 6.72. The number of nitrogens with zero attached hydrogens (tertiary/aromatic N) is 2. The molecule has 1 atom stereocenters. The van der Waals surface area contributed by atoms with Gasteiger partial charge < -0.3 is 24.4 Å². The van der Waals surface area contributed by atoms with Crippen molar-refractivity contribution in [2.45, 2.75) is 19.0 Å². The highest BCUT2D eigenvalue weighted by molar-refractivity contribution is 5.88. The molecule has 206 valence electrons. The van der Waals surface area contributed by atoms with E-state index in [-0.39, 0.29) is 25.0 Å². The molecule has 0 saturated carbocycles. The van der Waals surface area contributed by atoms with E-state index >= 15 is 0 Å². The average Bonchev–Trinajstić information content (AvgIpc) is 2.99. The molecule has 0 radical (unpaired) electrons. The minimum atomic E-state index is -0.717. The minimum absolute atomic E-state index is 0.174. The maximum atomic E-state index is 13.7. The molecule has 1 aliphatic rings. The SMILES string of the molecule is COc1ccc(CN(C(=O)COc2ccccc2)[C@H](Cc2ccccc2)C(=O)NCCN2CCOCC2)cc1. The van der Waals surface area contributed by atoms with Crippen LogP contribution in [-0.4, -0.2) is 80.8 Å². The number of benzene rings is 3. The number of para-hydroxylation sites is 1. The molecule has 39 heavy (non-hydrogen) atoms. The predicted molar refractivity (Wildman–Crippen MR) is 150 cm³/mol. The summed E-state index contributed by atoms with van der Waals surface area (Å²) in [6.07, 6.45) is 0.386. The van der Waals surface area contributed by atoms with Crippen LogP contribution in [0.5, 0.6) is 11.5 Å². The fraction of sp³-hybridized carbons (Fsp3) is 0.355. The molecule has 3 aromatic carbocycles. The average molecular weight is 532 g/mol. The van der Waals surface area contributed by atoms with Crippen molar-refractivity contribution < 1.29 is 23.8 Å². The van der Waals surface area contributed by atoms with Gasteiger partial charge >= 0.3 is 0 Å². The molecule has 8 heteroatoms. The monoisotopic (exact) mass is 531 g/mol. The molecule has 0 spiro atoms. The van der Waals surface area contributed by atoms with E-state index in [0.29, 0.717) is 31.9 Å². The zero-order valence-electron chi connectivity index (χ0n) is 22.5. The normalized spacial score (nSPS) is 14.3. The quantitative estimate of drug-likeness (QED) is 0.365. The second-order valence-corrected chi connectivity index (χ2v) is 9.42. The van der Waals surface area contributed by atoms with Gasteiger partial charge in [-0.05, 0) is 35.4 Å². The maximum Gasteiger partial charge on any atom is 0.261 e. The summed E-state index contributed by atoms with van der Waals surface area (Å²) in [6.45, 7) is 4.42. The molecule has 2 amide bonds. The Labute approximate surface area is 230 Å². The Morgan fingerprint density at radius 2 is 1.56 bits per heavy atom. The van der Waals surface area contributed by atoms with Crippen molar-refractivity contribution in [3.63, 3.8) is 0 Å². The number of methoxy groups -OCH3 is 1. The van der Waals surface area contributed by atoms with Crippen molar-refractivity contribution in [1.29, 1.82) is 0 Å². The van der Waals surface area contributed by atoms with Crippen molar-refractivity contribution in [2.75, 3.05) is 53.1 Å². The van der Waals surface area contributed by atoms with Gasteiger partial charge in [0.1, 0.15) is 17.5 Å². The number of nitrogens with one attached hydrogen (secondary N) is 1. The number of ether oxygens (including phenoxy) is 3. The van der Waals surface area contributed by atoms with Crippen LogP contribution in [0.2, 0.25) is 0 Å². The summed E-state index contributed by atoms with van der Waals surface area (Å²) < 4.78 is 16.5. The highest BCUT2D eigenvalue weighted by atomic mass is 16.5. The molecular formula is C31H37N3O5. The Bertz CT molecular complexity index is 1150. The number of hydrogen-bond acceptors (Lipinski definition) is 6. The van der Waals surface area contributed by atoms with Gasteiger partial charge in [0, 0.05) is 39.1 Å². The smallest absolute Gasteiger partial charge is 0.261 e. The number of amides is 2. The topological polar surface area (TPSA) is 80.3 Å². The first kappa shape index (κ1) is 28.1. The fourth-order valence-corrected chi connectivity index (χ4v) is 4.51. The standard InChI is InChI=1S/C31H37N3O5/c1-37-27-14-12-26(13-15-27)23-34(30(35)24-39-28-10-6-3-7-11-28)29(22-25-8-4-2-5-9-25)31(36)32-16-17-33-18-20-38-21-19-33/h2-15,29H,16-24H2,1H3,(H,32,36)/t29-/m1/s1. The Balaban J connectivity index is 1.54. The first-order chi connectivity index (χ1) is 19.1. The molecule has 3 aromatic rings. The number of carbonyl (C=O) groups excluding carboxylic acids is 2. The van der Waals surface area contributed by atoms with Crippen LogP contribution in [0.1, 0.15) is 11.1 Å². The van der Waals surface area contributed by atoms with Crippen LogP contribution in [0.25, 0.3) is 0 Å². The van der Waals surface area contributed by atoms with Crippen molar-refractivity contribution >= 4 is 11.8 Å². The maximum absolute atomic E-state index is 13.7. The Morgan fingerprint density at radius 3 is 2.23 bits per heavy atom. The number of morpholine rings is 1. The number of carbonyl (C=O) groups is 2. The van der Waals surface area contributed by atoms with E-state index in [4.69, 9.17) is 14.2 Å². The fourth-order valence-electron chi connectivity index (χ4n) is 4.51. The summed E-state index contributed by atoms with van der Waals surface area (Å²) in [4.78, 5) is 31.3. The second-order valence-electron chi connectivity index (χ2n) is 9.42. The van der Waals surface area contributed by atoms with Crippen molar-refractivity contribution in [2.24, 2.45) is 0 Å². The van der Waals surface area contributed by atoms with E-state index < -0.39 is 6.04 Å². The van der Waals surface area contributed by atoms with Crippen LogP contribution in [0.4, 0.5) is 0 Å². The van der Waals surface area contributed by atoms with E-state index in [2.05, 4.69) is 10.2 Å². The predicted octanol–water partition coefficient (Wildman–Crippen LogP) is 3.16. The summed E-state index contributed by atoms with van der Waals surface area (Å²) in [5, 5.41) is 3.09. The van der Waals surface area contributed by atoms with E-state index in [9.17, 15) is 9.59 Å². The van der Waals surface area contributed by atoms with E-state index in [0.717, 1.165) is 36.5 Å². The number of hydrogen-bond donors (Lipinski definition) is 1. The number of rotatable bonds is 13. The summed E-state index contributed by atoms with van der Waals surface area (Å²) >= 11 is 0. The van der Waals surface area contributed by atoms with Gasteiger partial charge in [-0.2, -0.15) is 0 Å². The summed E-state index contributed by atoms with van der Waals surface area (Å²) in [7, 11) is 1.61. The molecule has 1 N–H and O–H groups in total. The molecule has 0 aliphatic carbocycles. The first-order valence-corrected chi connectivity index (χ1v) is 13.3. The molecule has 0 bridgehead atoms. The molecule has 1 heterocycles. The lowest BCUT2D eigenvalue weighted by Crippen LogP contribution is -2.52.